The summed E-state index contributed by atoms with van der Waals surface area (Å²) in [6.07, 6.45) is 3.23. The molecule has 3 rings (SSSR count). The number of carbonyl (C=O) groups is 1. The van der Waals surface area contributed by atoms with E-state index in [2.05, 4.69) is 5.32 Å². The van der Waals surface area contributed by atoms with E-state index < -0.39 is 0 Å². The van der Waals surface area contributed by atoms with E-state index in [9.17, 15) is 4.79 Å². The summed E-state index contributed by atoms with van der Waals surface area (Å²) in [5.74, 6) is 0.393. The van der Waals surface area contributed by atoms with Crippen molar-refractivity contribution < 1.29 is 13.9 Å². The smallest absolute Gasteiger partial charge is 0.248 e. The van der Waals surface area contributed by atoms with Crippen LogP contribution in [0.15, 0.2) is 47.1 Å². The second-order valence-electron chi connectivity index (χ2n) is 6.17. The molecule has 3 aromatic rings. The van der Waals surface area contributed by atoms with Gasteiger partial charge in [0.2, 0.25) is 5.91 Å². The molecule has 0 saturated heterocycles. The molecule has 0 unspecified atom stereocenters. The Balaban J connectivity index is 1.93. The number of allylic oxidation sites excluding steroid dienone is 1. The largest absolute Gasteiger partial charge is 0.493 e. The minimum atomic E-state index is -0.280. The number of benzene rings is 2. The van der Waals surface area contributed by atoms with Crippen LogP contribution in [0.2, 0.25) is 10.0 Å². The molecule has 0 saturated carbocycles. The number of carbonyl (C=O) groups excluding carboxylic acids is 1. The minimum absolute atomic E-state index is 0.280. The standard InChI is InChI=1S/C21H19Cl2NO3/c1-4-26-19-10-20-18(13(3)11-27-20)9-17(19)12(2)5-21(25)24-16-7-14(22)6-15(23)8-16/h5-11H,4H2,1-3H3,(H,24,25)/b12-5+. The fourth-order valence-electron chi connectivity index (χ4n) is 2.84. The molecular weight excluding hydrogens is 385 g/mol. The zero-order valence-electron chi connectivity index (χ0n) is 15.2. The highest BCUT2D eigenvalue weighted by Crippen LogP contribution is 2.33. The molecule has 0 aliphatic heterocycles. The molecule has 0 bridgehead atoms. The summed E-state index contributed by atoms with van der Waals surface area (Å²) < 4.78 is 11.3. The summed E-state index contributed by atoms with van der Waals surface area (Å²) in [5, 5.41) is 4.68. The fourth-order valence-corrected chi connectivity index (χ4v) is 3.37. The first-order valence-electron chi connectivity index (χ1n) is 8.47. The van der Waals surface area contributed by atoms with Crippen LogP contribution in [0.5, 0.6) is 5.75 Å². The number of hydrogen-bond donors (Lipinski definition) is 1. The number of halogens is 2. The Labute approximate surface area is 167 Å². The van der Waals surface area contributed by atoms with Crippen LogP contribution in [0.3, 0.4) is 0 Å². The van der Waals surface area contributed by atoms with Crippen molar-refractivity contribution in [3.05, 3.63) is 63.8 Å². The number of anilines is 1. The molecule has 2 aromatic carbocycles. The van der Waals surface area contributed by atoms with Gasteiger partial charge >= 0.3 is 0 Å². The molecule has 0 radical (unpaired) electrons. The lowest BCUT2D eigenvalue weighted by Crippen LogP contribution is -2.08. The molecule has 1 amide bonds. The third-order valence-corrected chi connectivity index (χ3v) is 4.51. The summed E-state index contributed by atoms with van der Waals surface area (Å²) in [5.41, 5.74) is 3.93. The first-order chi connectivity index (χ1) is 12.9. The summed E-state index contributed by atoms with van der Waals surface area (Å²) in [7, 11) is 0. The Morgan fingerprint density at radius 2 is 1.89 bits per heavy atom. The lowest BCUT2D eigenvalue weighted by molar-refractivity contribution is -0.111. The van der Waals surface area contributed by atoms with Gasteiger partial charge in [0.1, 0.15) is 11.3 Å². The van der Waals surface area contributed by atoms with E-state index in [1.165, 1.54) is 6.08 Å². The van der Waals surface area contributed by atoms with Crippen molar-refractivity contribution in [2.24, 2.45) is 0 Å². The predicted molar refractivity (Wildman–Crippen MR) is 111 cm³/mol. The third-order valence-electron chi connectivity index (χ3n) is 4.07. The Kier molecular flexibility index (Phi) is 5.78. The van der Waals surface area contributed by atoms with Crippen LogP contribution in [-0.4, -0.2) is 12.5 Å². The maximum atomic E-state index is 12.4. The second kappa shape index (κ2) is 8.07. The zero-order chi connectivity index (χ0) is 19.6. The number of rotatable bonds is 5. The van der Waals surface area contributed by atoms with E-state index in [4.69, 9.17) is 32.4 Å². The molecule has 0 fully saturated rings. The quantitative estimate of drug-likeness (QED) is 0.495. The molecule has 0 atom stereocenters. The predicted octanol–water partition coefficient (Wildman–Crippen LogP) is 6.49. The van der Waals surface area contributed by atoms with Gasteiger partial charge in [-0.15, -0.1) is 0 Å². The third kappa shape index (κ3) is 4.46. The van der Waals surface area contributed by atoms with Gasteiger partial charge in [-0.25, -0.2) is 0 Å². The number of ether oxygens (including phenoxy) is 1. The number of hydrogen-bond acceptors (Lipinski definition) is 3. The van der Waals surface area contributed by atoms with Crippen LogP contribution in [0.1, 0.15) is 25.0 Å². The van der Waals surface area contributed by atoms with E-state index in [0.717, 1.165) is 27.7 Å². The van der Waals surface area contributed by atoms with Gasteiger partial charge in [0.25, 0.3) is 0 Å². The van der Waals surface area contributed by atoms with Gasteiger partial charge in [0.05, 0.1) is 12.9 Å². The van der Waals surface area contributed by atoms with Crippen molar-refractivity contribution in [2.45, 2.75) is 20.8 Å². The van der Waals surface area contributed by atoms with Crippen LogP contribution >= 0.6 is 23.2 Å². The summed E-state index contributed by atoms with van der Waals surface area (Å²) in [6.45, 7) is 6.27. The van der Waals surface area contributed by atoms with Crippen molar-refractivity contribution in [3.63, 3.8) is 0 Å². The highest BCUT2D eigenvalue weighted by molar-refractivity contribution is 6.35. The average molecular weight is 404 g/mol. The lowest BCUT2D eigenvalue weighted by atomic mass is 10.0. The Morgan fingerprint density at radius 3 is 2.56 bits per heavy atom. The number of amides is 1. The molecule has 0 aliphatic rings. The van der Waals surface area contributed by atoms with Gasteiger partial charge in [-0.3, -0.25) is 4.79 Å². The van der Waals surface area contributed by atoms with E-state index in [-0.39, 0.29) is 5.91 Å². The van der Waals surface area contributed by atoms with E-state index in [1.54, 1.807) is 24.5 Å². The van der Waals surface area contributed by atoms with Crippen molar-refractivity contribution in [3.8, 4) is 5.75 Å². The highest BCUT2D eigenvalue weighted by atomic mass is 35.5. The maximum Gasteiger partial charge on any atom is 0.248 e. The van der Waals surface area contributed by atoms with Gasteiger partial charge in [-0.05, 0) is 56.2 Å². The van der Waals surface area contributed by atoms with Gasteiger partial charge in [0.15, 0.2) is 0 Å². The zero-order valence-corrected chi connectivity index (χ0v) is 16.7. The fraction of sp³-hybridized carbons (Fsp3) is 0.190. The van der Waals surface area contributed by atoms with Gasteiger partial charge in [-0.2, -0.15) is 0 Å². The van der Waals surface area contributed by atoms with E-state index >= 15 is 0 Å². The molecule has 1 aromatic heterocycles. The van der Waals surface area contributed by atoms with E-state index in [1.807, 2.05) is 32.9 Å². The molecule has 1 heterocycles. The summed E-state index contributed by atoms with van der Waals surface area (Å²) in [6, 6.07) is 8.72. The molecule has 1 N–H and O–H groups in total. The summed E-state index contributed by atoms with van der Waals surface area (Å²) >= 11 is 11.9. The molecule has 4 nitrogen and oxygen atoms in total. The van der Waals surface area contributed by atoms with E-state index in [0.29, 0.717) is 28.1 Å². The number of fused-ring (bicyclic) bond motifs is 1. The number of furan rings is 1. The molecule has 6 heteroatoms. The SMILES string of the molecule is CCOc1cc2occ(C)c2cc1/C(C)=C/C(=O)Nc1cc(Cl)cc(Cl)c1. The minimum Gasteiger partial charge on any atom is -0.493 e. The van der Waals surface area contributed by atoms with Crippen molar-refractivity contribution in [2.75, 3.05) is 11.9 Å². The summed E-state index contributed by atoms with van der Waals surface area (Å²) in [4.78, 5) is 12.4. The van der Waals surface area contributed by atoms with Crippen molar-refractivity contribution in [1.29, 1.82) is 0 Å². The normalized spacial score (nSPS) is 11.7. The van der Waals surface area contributed by atoms with Crippen molar-refractivity contribution >= 4 is 51.3 Å². The average Bonchev–Trinajstić information content (AvgIpc) is 2.93. The molecule has 0 spiro atoms. The second-order valence-corrected chi connectivity index (χ2v) is 7.04. The van der Waals surface area contributed by atoms with Crippen LogP contribution in [0, 0.1) is 6.92 Å². The molecule has 140 valence electrons. The van der Waals surface area contributed by atoms with Crippen LogP contribution in [-0.2, 0) is 4.79 Å². The Bertz CT molecular complexity index is 1020. The van der Waals surface area contributed by atoms with Crippen LogP contribution in [0.4, 0.5) is 5.69 Å². The van der Waals surface area contributed by atoms with Gasteiger partial charge in [0, 0.05) is 38.8 Å². The molecular formula is C21H19Cl2NO3. The Morgan fingerprint density at radius 1 is 1.19 bits per heavy atom. The Hall–Kier alpha value is -2.43. The molecule has 0 aliphatic carbocycles. The van der Waals surface area contributed by atoms with Gasteiger partial charge < -0.3 is 14.5 Å². The number of nitrogens with one attached hydrogen (secondary N) is 1. The highest BCUT2D eigenvalue weighted by Gasteiger charge is 2.13. The van der Waals surface area contributed by atoms with Crippen LogP contribution in [0.25, 0.3) is 16.5 Å². The number of aryl methyl sites for hydroxylation is 1. The van der Waals surface area contributed by atoms with Gasteiger partial charge in [-0.1, -0.05) is 23.2 Å². The van der Waals surface area contributed by atoms with Crippen LogP contribution < -0.4 is 10.1 Å². The van der Waals surface area contributed by atoms with Crippen molar-refractivity contribution in [1.82, 2.24) is 0 Å². The first kappa shape index (κ1) is 19.3. The topological polar surface area (TPSA) is 51.5 Å². The molecule has 27 heavy (non-hydrogen) atoms. The lowest BCUT2D eigenvalue weighted by Gasteiger charge is -2.11. The maximum absolute atomic E-state index is 12.4. The first-order valence-corrected chi connectivity index (χ1v) is 9.23. The monoisotopic (exact) mass is 403 g/mol.